The summed E-state index contributed by atoms with van der Waals surface area (Å²) in [5.74, 6) is 0.821. The average molecular weight is 268 g/mol. The highest BCUT2D eigenvalue weighted by molar-refractivity contribution is 7.98. The maximum atomic E-state index is 6.12. The molecule has 0 amide bonds. The van der Waals surface area contributed by atoms with Gasteiger partial charge < -0.3 is 10.3 Å². The van der Waals surface area contributed by atoms with Crippen LogP contribution in [-0.2, 0) is 12.3 Å². The van der Waals surface area contributed by atoms with Crippen LogP contribution in [0.25, 0.3) is 0 Å². The Kier molecular flexibility index (Phi) is 3.97. The second kappa shape index (κ2) is 5.47. The maximum absolute atomic E-state index is 6.12. The summed E-state index contributed by atoms with van der Waals surface area (Å²) in [5, 5.41) is 0.706. The van der Waals surface area contributed by atoms with Crippen LogP contribution in [0, 0.1) is 0 Å². The number of benzene rings is 1. The topological polar surface area (TPSA) is 43.8 Å². The SMILES string of the molecule is CCn1cncc1CSc1c(N)cccc1Cl. The predicted molar refractivity (Wildman–Crippen MR) is 73.3 cm³/mol. The van der Waals surface area contributed by atoms with Crippen LogP contribution in [0.4, 0.5) is 5.69 Å². The Bertz CT molecular complexity index is 490. The van der Waals surface area contributed by atoms with E-state index in [0.29, 0.717) is 5.02 Å². The van der Waals surface area contributed by atoms with Crippen LogP contribution in [0.1, 0.15) is 12.6 Å². The smallest absolute Gasteiger partial charge is 0.0948 e. The van der Waals surface area contributed by atoms with E-state index in [1.807, 2.05) is 30.7 Å². The number of aryl methyl sites for hydroxylation is 1. The molecule has 3 nitrogen and oxygen atoms in total. The Labute approximate surface area is 110 Å². The van der Waals surface area contributed by atoms with Crippen molar-refractivity contribution in [3.8, 4) is 0 Å². The number of hydrogen-bond donors (Lipinski definition) is 1. The van der Waals surface area contributed by atoms with E-state index in [1.165, 1.54) is 5.69 Å². The number of halogens is 1. The van der Waals surface area contributed by atoms with Crippen molar-refractivity contribution < 1.29 is 0 Å². The number of anilines is 1. The Morgan fingerprint density at radius 2 is 2.29 bits per heavy atom. The van der Waals surface area contributed by atoms with Crippen LogP contribution in [-0.4, -0.2) is 9.55 Å². The van der Waals surface area contributed by atoms with Gasteiger partial charge >= 0.3 is 0 Å². The summed E-state index contributed by atoms with van der Waals surface area (Å²) in [6.45, 7) is 3.02. The quantitative estimate of drug-likeness (QED) is 0.682. The molecule has 0 aliphatic carbocycles. The molecule has 1 aromatic carbocycles. The number of thioether (sulfide) groups is 1. The van der Waals surface area contributed by atoms with E-state index in [9.17, 15) is 0 Å². The standard InChI is InChI=1S/C12H14ClN3S/c1-2-16-8-15-6-9(16)7-17-12-10(13)4-3-5-11(12)14/h3-6,8H,2,7,14H2,1H3. The largest absolute Gasteiger partial charge is 0.398 e. The zero-order valence-corrected chi connectivity index (χ0v) is 11.1. The van der Waals surface area contributed by atoms with Gasteiger partial charge in [-0.1, -0.05) is 17.7 Å². The molecule has 0 atom stereocenters. The van der Waals surface area contributed by atoms with E-state index >= 15 is 0 Å². The van der Waals surface area contributed by atoms with Gasteiger partial charge in [0.1, 0.15) is 0 Å². The molecule has 0 aliphatic rings. The third-order valence-electron chi connectivity index (χ3n) is 2.50. The number of nitrogens with zero attached hydrogens (tertiary/aromatic N) is 2. The average Bonchev–Trinajstić information content (AvgIpc) is 2.76. The zero-order chi connectivity index (χ0) is 12.3. The number of hydrogen-bond acceptors (Lipinski definition) is 3. The highest BCUT2D eigenvalue weighted by atomic mass is 35.5. The molecular formula is C12H14ClN3S. The highest BCUT2D eigenvalue weighted by Crippen LogP contribution is 2.34. The summed E-state index contributed by atoms with van der Waals surface area (Å²) in [4.78, 5) is 5.08. The van der Waals surface area contributed by atoms with Crippen molar-refractivity contribution in [1.82, 2.24) is 9.55 Å². The molecule has 0 saturated heterocycles. The normalized spacial score (nSPS) is 10.7. The van der Waals surface area contributed by atoms with Gasteiger partial charge in [0.25, 0.3) is 0 Å². The molecule has 1 heterocycles. The van der Waals surface area contributed by atoms with Crippen molar-refractivity contribution in [2.24, 2.45) is 0 Å². The van der Waals surface area contributed by atoms with Gasteiger partial charge in [-0.05, 0) is 19.1 Å². The molecular weight excluding hydrogens is 254 g/mol. The van der Waals surface area contributed by atoms with E-state index in [2.05, 4.69) is 16.5 Å². The van der Waals surface area contributed by atoms with Crippen molar-refractivity contribution >= 4 is 29.1 Å². The summed E-state index contributed by atoms with van der Waals surface area (Å²) in [6, 6.07) is 5.58. The summed E-state index contributed by atoms with van der Waals surface area (Å²) >= 11 is 7.76. The number of rotatable bonds is 4. The Morgan fingerprint density at radius 3 is 3.00 bits per heavy atom. The first kappa shape index (κ1) is 12.3. The lowest BCUT2D eigenvalue weighted by Crippen LogP contribution is -1.97. The number of nitrogens with two attached hydrogens (primary N) is 1. The lowest BCUT2D eigenvalue weighted by atomic mass is 10.3. The van der Waals surface area contributed by atoms with Crippen molar-refractivity contribution in [2.75, 3.05) is 5.73 Å². The van der Waals surface area contributed by atoms with Crippen molar-refractivity contribution in [3.63, 3.8) is 0 Å². The number of aromatic nitrogens is 2. The second-order valence-electron chi connectivity index (χ2n) is 3.62. The van der Waals surface area contributed by atoms with Crippen LogP contribution in [0.2, 0.25) is 5.02 Å². The minimum absolute atomic E-state index is 0.706. The van der Waals surface area contributed by atoms with Gasteiger partial charge in [0.05, 0.1) is 11.3 Å². The van der Waals surface area contributed by atoms with Crippen molar-refractivity contribution in [3.05, 3.63) is 41.4 Å². The molecule has 0 spiro atoms. The summed E-state index contributed by atoms with van der Waals surface area (Å²) in [7, 11) is 0. The molecule has 17 heavy (non-hydrogen) atoms. The predicted octanol–water partition coefficient (Wildman–Crippen LogP) is 3.43. The summed E-state index contributed by atoms with van der Waals surface area (Å²) in [6.07, 6.45) is 3.72. The van der Waals surface area contributed by atoms with Gasteiger partial charge in [0.15, 0.2) is 0 Å². The molecule has 2 rings (SSSR count). The molecule has 0 saturated carbocycles. The van der Waals surface area contributed by atoms with Crippen molar-refractivity contribution in [1.29, 1.82) is 0 Å². The minimum Gasteiger partial charge on any atom is -0.398 e. The van der Waals surface area contributed by atoms with Gasteiger partial charge in [0, 0.05) is 34.8 Å². The summed E-state index contributed by atoms with van der Waals surface area (Å²) in [5.41, 5.74) is 7.81. The first-order chi connectivity index (χ1) is 8.22. The van der Waals surface area contributed by atoms with E-state index in [-0.39, 0.29) is 0 Å². The molecule has 5 heteroatoms. The summed E-state index contributed by atoms with van der Waals surface area (Å²) < 4.78 is 2.11. The molecule has 0 radical (unpaired) electrons. The lowest BCUT2D eigenvalue weighted by molar-refractivity contribution is 0.734. The van der Waals surface area contributed by atoms with Crippen molar-refractivity contribution in [2.45, 2.75) is 24.1 Å². The third kappa shape index (κ3) is 2.76. The number of nitrogen functional groups attached to an aromatic ring is 1. The molecule has 2 aromatic rings. The van der Waals surface area contributed by atoms with Crippen LogP contribution >= 0.6 is 23.4 Å². The fourth-order valence-electron chi connectivity index (χ4n) is 1.58. The minimum atomic E-state index is 0.706. The molecule has 2 N–H and O–H groups in total. The molecule has 1 aromatic heterocycles. The highest BCUT2D eigenvalue weighted by Gasteiger charge is 2.07. The molecule has 90 valence electrons. The zero-order valence-electron chi connectivity index (χ0n) is 9.56. The first-order valence-electron chi connectivity index (χ1n) is 5.38. The molecule has 0 fully saturated rings. The van der Waals surface area contributed by atoms with Crippen LogP contribution in [0.15, 0.2) is 35.6 Å². The van der Waals surface area contributed by atoms with Gasteiger partial charge in [-0.2, -0.15) is 0 Å². The second-order valence-corrected chi connectivity index (χ2v) is 5.01. The van der Waals surface area contributed by atoms with Gasteiger partial charge in [-0.3, -0.25) is 0 Å². The van der Waals surface area contributed by atoms with Crippen LogP contribution in [0.3, 0.4) is 0 Å². The lowest BCUT2D eigenvalue weighted by Gasteiger charge is -2.08. The van der Waals surface area contributed by atoms with Gasteiger partial charge in [-0.15, -0.1) is 11.8 Å². The monoisotopic (exact) mass is 267 g/mol. The first-order valence-corrected chi connectivity index (χ1v) is 6.74. The van der Waals surface area contributed by atoms with Crippen LogP contribution in [0.5, 0.6) is 0 Å². The van der Waals surface area contributed by atoms with Gasteiger partial charge in [0.2, 0.25) is 0 Å². The maximum Gasteiger partial charge on any atom is 0.0948 e. The fourth-order valence-corrected chi connectivity index (χ4v) is 2.90. The Balaban J connectivity index is 2.13. The van der Waals surface area contributed by atoms with E-state index in [0.717, 1.165) is 22.9 Å². The van der Waals surface area contributed by atoms with Gasteiger partial charge in [-0.25, -0.2) is 4.98 Å². The molecule has 0 aliphatic heterocycles. The van der Waals surface area contributed by atoms with Crippen LogP contribution < -0.4 is 5.73 Å². The number of imidazole rings is 1. The Morgan fingerprint density at radius 1 is 1.47 bits per heavy atom. The fraction of sp³-hybridized carbons (Fsp3) is 0.250. The third-order valence-corrected chi connectivity index (χ3v) is 4.11. The molecule has 0 bridgehead atoms. The molecule has 0 unspecified atom stereocenters. The van der Waals surface area contributed by atoms with E-state index < -0.39 is 0 Å². The Hall–Kier alpha value is -1.13. The van der Waals surface area contributed by atoms with E-state index in [1.54, 1.807) is 11.8 Å². The van der Waals surface area contributed by atoms with E-state index in [4.69, 9.17) is 17.3 Å².